The molecule has 1 unspecified atom stereocenters. The summed E-state index contributed by atoms with van der Waals surface area (Å²) >= 11 is 0. The molecule has 2 aliphatic rings. The highest BCUT2D eigenvalue weighted by molar-refractivity contribution is 5.76. The molecule has 1 aliphatic heterocycles. The van der Waals surface area contributed by atoms with Gasteiger partial charge in [-0.05, 0) is 57.4 Å². The van der Waals surface area contributed by atoms with Crippen LogP contribution in [-0.4, -0.2) is 37.0 Å². The van der Waals surface area contributed by atoms with Gasteiger partial charge in [0.15, 0.2) is 0 Å². The van der Waals surface area contributed by atoms with Crippen LogP contribution in [0.4, 0.5) is 0 Å². The number of hydrogen-bond acceptors (Lipinski definition) is 2. The summed E-state index contributed by atoms with van der Waals surface area (Å²) in [4.78, 5) is 14.3. The standard InChI is InChI=1S/C17H30N2O/c1-15-6-5-12-19(14-15)13-10-17(20)18-11-9-16-7-3-2-4-8-16/h7,15H,2-6,8-14H2,1H3,(H,18,20). The van der Waals surface area contributed by atoms with E-state index in [0.717, 1.165) is 25.4 Å². The van der Waals surface area contributed by atoms with Gasteiger partial charge in [-0.25, -0.2) is 0 Å². The highest BCUT2D eigenvalue weighted by Gasteiger charge is 2.16. The summed E-state index contributed by atoms with van der Waals surface area (Å²) in [5.41, 5.74) is 1.54. The van der Waals surface area contributed by atoms with Crippen molar-refractivity contribution in [3.05, 3.63) is 11.6 Å². The van der Waals surface area contributed by atoms with Crippen LogP contribution in [0, 0.1) is 5.92 Å². The Kier molecular flexibility index (Phi) is 6.58. The molecule has 1 heterocycles. The number of nitrogens with one attached hydrogen (secondary N) is 1. The summed E-state index contributed by atoms with van der Waals surface area (Å²) in [6.07, 6.45) is 11.8. The molecule has 1 aliphatic carbocycles. The molecule has 20 heavy (non-hydrogen) atoms. The lowest BCUT2D eigenvalue weighted by Gasteiger charge is -2.30. The second-order valence-electron chi connectivity index (χ2n) is 6.51. The number of likely N-dealkylation sites (tertiary alicyclic amines) is 1. The minimum absolute atomic E-state index is 0.222. The number of amides is 1. The maximum Gasteiger partial charge on any atom is 0.221 e. The smallest absolute Gasteiger partial charge is 0.221 e. The van der Waals surface area contributed by atoms with Gasteiger partial charge in [0.05, 0.1) is 0 Å². The van der Waals surface area contributed by atoms with Gasteiger partial charge in [-0.3, -0.25) is 4.79 Å². The molecule has 0 saturated carbocycles. The number of rotatable bonds is 6. The molecule has 1 fully saturated rings. The van der Waals surface area contributed by atoms with E-state index in [1.54, 1.807) is 5.57 Å². The van der Waals surface area contributed by atoms with Gasteiger partial charge >= 0.3 is 0 Å². The quantitative estimate of drug-likeness (QED) is 0.757. The van der Waals surface area contributed by atoms with Crippen molar-refractivity contribution >= 4 is 5.91 Å². The Labute approximate surface area is 123 Å². The molecule has 0 aromatic carbocycles. The van der Waals surface area contributed by atoms with Crippen molar-refractivity contribution in [1.82, 2.24) is 10.2 Å². The fourth-order valence-electron chi connectivity index (χ4n) is 3.33. The maximum absolute atomic E-state index is 11.9. The van der Waals surface area contributed by atoms with Crippen molar-refractivity contribution in [2.45, 2.75) is 58.3 Å². The van der Waals surface area contributed by atoms with E-state index < -0.39 is 0 Å². The minimum Gasteiger partial charge on any atom is -0.356 e. The first kappa shape index (κ1) is 15.6. The van der Waals surface area contributed by atoms with Crippen molar-refractivity contribution in [2.24, 2.45) is 5.92 Å². The largest absolute Gasteiger partial charge is 0.356 e. The van der Waals surface area contributed by atoms with E-state index in [2.05, 4.69) is 23.2 Å². The second-order valence-corrected chi connectivity index (χ2v) is 6.51. The molecule has 0 aromatic rings. The van der Waals surface area contributed by atoms with Gasteiger partial charge in [-0.2, -0.15) is 0 Å². The normalized spacial score (nSPS) is 24.2. The topological polar surface area (TPSA) is 32.3 Å². The Hall–Kier alpha value is -0.830. The zero-order valence-corrected chi connectivity index (χ0v) is 13.0. The number of allylic oxidation sites excluding steroid dienone is 1. The Morgan fingerprint density at radius 2 is 2.30 bits per heavy atom. The number of nitrogens with zero attached hydrogens (tertiary/aromatic N) is 1. The number of carbonyl (C=O) groups excluding carboxylic acids is 1. The van der Waals surface area contributed by atoms with Crippen LogP contribution >= 0.6 is 0 Å². The minimum atomic E-state index is 0.222. The zero-order valence-electron chi connectivity index (χ0n) is 13.0. The highest BCUT2D eigenvalue weighted by Crippen LogP contribution is 2.19. The first-order chi connectivity index (χ1) is 9.74. The first-order valence-electron chi connectivity index (χ1n) is 8.41. The lowest BCUT2D eigenvalue weighted by atomic mass is 9.97. The lowest BCUT2D eigenvalue weighted by molar-refractivity contribution is -0.121. The monoisotopic (exact) mass is 278 g/mol. The molecule has 0 spiro atoms. The van der Waals surface area contributed by atoms with Crippen LogP contribution in [0.3, 0.4) is 0 Å². The van der Waals surface area contributed by atoms with E-state index in [1.165, 1.54) is 51.6 Å². The zero-order chi connectivity index (χ0) is 14.2. The third-order valence-corrected chi connectivity index (χ3v) is 4.55. The molecule has 1 amide bonds. The van der Waals surface area contributed by atoms with E-state index in [9.17, 15) is 4.79 Å². The Bertz CT molecular complexity index is 338. The molecule has 0 aromatic heterocycles. The summed E-state index contributed by atoms with van der Waals surface area (Å²) in [5.74, 6) is 1.02. The van der Waals surface area contributed by atoms with Crippen LogP contribution in [0.25, 0.3) is 0 Å². The molecule has 1 atom stereocenters. The molecule has 3 nitrogen and oxygen atoms in total. The molecule has 2 rings (SSSR count). The van der Waals surface area contributed by atoms with E-state index >= 15 is 0 Å². The molecule has 3 heteroatoms. The van der Waals surface area contributed by atoms with Gasteiger partial charge in [0.2, 0.25) is 5.91 Å². The summed E-state index contributed by atoms with van der Waals surface area (Å²) in [7, 11) is 0. The molecular formula is C17H30N2O. The van der Waals surface area contributed by atoms with E-state index in [1.807, 2.05) is 0 Å². The van der Waals surface area contributed by atoms with Crippen molar-refractivity contribution < 1.29 is 4.79 Å². The third kappa shape index (κ3) is 5.66. The van der Waals surface area contributed by atoms with E-state index in [4.69, 9.17) is 0 Å². The second kappa shape index (κ2) is 8.46. The predicted octanol–water partition coefficient (Wildman–Crippen LogP) is 3.12. The average molecular weight is 278 g/mol. The Balaban J connectivity index is 1.54. The Morgan fingerprint density at radius 1 is 1.40 bits per heavy atom. The van der Waals surface area contributed by atoms with Crippen LogP contribution < -0.4 is 5.32 Å². The van der Waals surface area contributed by atoms with Gasteiger partial charge in [0.1, 0.15) is 0 Å². The molecule has 0 bridgehead atoms. The fourth-order valence-corrected chi connectivity index (χ4v) is 3.33. The van der Waals surface area contributed by atoms with Gasteiger partial charge in [0.25, 0.3) is 0 Å². The number of piperidine rings is 1. The summed E-state index contributed by atoms with van der Waals surface area (Å²) in [5, 5.41) is 3.07. The summed E-state index contributed by atoms with van der Waals surface area (Å²) < 4.78 is 0. The van der Waals surface area contributed by atoms with Crippen LogP contribution in [-0.2, 0) is 4.79 Å². The SMILES string of the molecule is CC1CCCN(CCC(=O)NCCC2=CCCCC2)C1. The van der Waals surface area contributed by atoms with E-state index in [0.29, 0.717) is 6.42 Å². The number of carbonyl (C=O) groups is 1. The van der Waals surface area contributed by atoms with Crippen LogP contribution in [0.2, 0.25) is 0 Å². The van der Waals surface area contributed by atoms with Crippen LogP contribution in [0.1, 0.15) is 58.3 Å². The number of hydrogen-bond donors (Lipinski definition) is 1. The van der Waals surface area contributed by atoms with E-state index in [-0.39, 0.29) is 5.91 Å². The van der Waals surface area contributed by atoms with Gasteiger partial charge in [-0.15, -0.1) is 0 Å². The van der Waals surface area contributed by atoms with Crippen molar-refractivity contribution in [3.8, 4) is 0 Å². The third-order valence-electron chi connectivity index (χ3n) is 4.55. The Morgan fingerprint density at radius 3 is 3.05 bits per heavy atom. The molecular weight excluding hydrogens is 248 g/mol. The first-order valence-corrected chi connectivity index (χ1v) is 8.41. The molecule has 114 valence electrons. The van der Waals surface area contributed by atoms with Crippen molar-refractivity contribution in [2.75, 3.05) is 26.2 Å². The average Bonchev–Trinajstić information content (AvgIpc) is 2.46. The van der Waals surface area contributed by atoms with Crippen molar-refractivity contribution in [1.29, 1.82) is 0 Å². The van der Waals surface area contributed by atoms with Gasteiger partial charge in [-0.1, -0.05) is 18.6 Å². The fraction of sp³-hybridized carbons (Fsp3) is 0.824. The van der Waals surface area contributed by atoms with Gasteiger partial charge < -0.3 is 10.2 Å². The molecule has 1 N–H and O–H groups in total. The van der Waals surface area contributed by atoms with Gasteiger partial charge in [0, 0.05) is 26.1 Å². The maximum atomic E-state index is 11.9. The summed E-state index contributed by atoms with van der Waals surface area (Å²) in [6, 6.07) is 0. The molecule has 1 saturated heterocycles. The van der Waals surface area contributed by atoms with Crippen LogP contribution in [0.5, 0.6) is 0 Å². The van der Waals surface area contributed by atoms with Crippen LogP contribution in [0.15, 0.2) is 11.6 Å². The highest BCUT2D eigenvalue weighted by atomic mass is 16.1. The predicted molar refractivity (Wildman–Crippen MR) is 83.6 cm³/mol. The lowest BCUT2D eigenvalue weighted by Crippen LogP contribution is -2.37. The summed E-state index contributed by atoms with van der Waals surface area (Å²) in [6.45, 7) is 6.40. The molecule has 0 radical (unpaired) electrons. The van der Waals surface area contributed by atoms with Crippen molar-refractivity contribution in [3.63, 3.8) is 0 Å².